The third-order valence-corrected chi connectivity index (χ3v) is 27.4. The maximum absolute atomic E-state index is 15.4. The third kappa shape index (κ3) is 15.5. The maximum atomic E-state index is 15.4. The van der Waals surface area contributed by atoms with Crippen LogP contribution in [0.15, 0.2) is 48.5 Å². The van der Waals surface area contributed by atoms with E-state index in [9.17, 15) is 9.59 Å². The third-order valence-electron chi connectivity index (χ3n) is 19.0. The fourth-order valence-corrected chi connectivity index (χ4v) is 22.4. The first-order valence-electron chi connectivity index (χ1n) is 34.7. The summed E-state index contributed by atoms with van der Waals surface area (Å²) in [6.45, 7) is 18.9. The van der Waals surface area contributed by atoms with Crippen molar-refractivity contribution < 1.29 is 19.2 Å². The summed E-state index contributed by atoms with van der Waals surface area (Å²) in [4.78, 5) is 75.1. The molecule has 0 spiro atoms. The summed E-state index contributed by atoms with van der Waals surface area (Å²) < 4.78 is 2.56. The number of fused-ring (bicyclic) bond motifs is 4. The first-order valence-corrected chi connectivity index (χ1v) is 40.5. The molecular formula is C76H98N2O4S7. The normalized spacial score (nSPS) is 14.1. The fourth-order valence-electron chi connectivity index (χ4n) is 13.8. The Balaban J connectivity index is 1.03. The van der Waals surface area contributed by atoms with Crippen molar-refractivity contribution in [2.24, 2.45) is 11.8 Å². The number of aryl methyl sites for hydroxylation is 2. The molecule has 478 valence electrons. The van der Waals surface area contributed by atoms with Gasteiger partial charge in [0.2, 0.25) is 0 Å². The predicted octanol–water partition coefficient (Wildman–Crippen LogP) is 25.9. The summed E-state index contributed by atoms with van der Waals surface area (Å²) >= 11 is 12.3. The fraction of sp³-hybridized carbons (Fsp3) is 0.553. The smallest absolute Gasteiger partial charge is 0.263 e. The molecule has 0 saturated carbocycles. The Bertz CT molecular complexity index is 3570. The molecule has 7 aromatic heterocycles. The average molecular weight is 1330 g/mol. The second-order valence-corrected chi connectivity index (χ2v) is 33.8. The standard InChI is InChI=1S/C76H98N2O4S7/c1-9-15-19-21-23-25-27-29-31-33-43-77-73(79)62-50(8)84-70(65(62)74(77)80)59-41-42-60(87-59)71-66-67(76(82)78(75(66)81)44-34-32-30-28-26-24-22-20-16-10-2)72(89-71)61-48-56-64(58-40-38-54(86-58)47-52(14-6)36-18-12-4)68-55(45-49(7)83-68)63(69(56)88-61)57-39-37-53(85-57)46-51(13-5)35-17-11-3/h37-42,45,48,51-52H,9-36,43-44,46-47H2,1-8H3. The van der Waals surface area contributed by atoms with Gasteiger partial charge in [-0.1, -0.05) is 208 Å². The molecule has 2 atom stereocenters. The molecule has 0 saturated heterocycles. The van der Waals surface area contributed by atoms with Gasteiger partial charge in [-0.25, -0.2) is 0 Å². The van der Waals surface area contributed by atoms with Crippen molar-refractivity contribution in [1.29, 1.82) is 0 Å². The van der Waals surface area contributed by atoms with E-state index in [0.717, 1.165) is 85.5 Å². The van der Waals surface area contributed by atoms with E-state index < -0.39 is 0 Å². The van der Waals surface area contributed by atoms with Crippen molar-refractivity contribution in [3.8, 4) is 50.1 Å². The Morgan fingerprint density at radius 1 is 0.348 bits per heavy atom. The number of thiophene rings is 7. The van der Waals surface area contributed by atoms with Gasteiger partial charge in [0.1, 0.15) is 0 Å². The molecule has 2 aliphatic heterocycles. The number of unbranched alkanes of at least 4 members (excludes halogenated alkanes) is 20. The number of amides is 4. The number of nitrogens with zero attached hydrogens (tertiary/aromatic N) is 2. The van der Waals surface area contributed by atoms with Crippen LogP contribution in [0, 0.1) is 25.7 Å². The minimum atomic E-state index is -0.200. The zero-order chi connectivity index (χ0) is 62.6. The number of hydrogen-bond acceptors (Lipinski definition) is 11. The quantitative estimate of drug-likeness (QED) is 0.0284. The van der Waals surface area contributed by atoms with Crippen LogP contribution in [0.25, 0.3) is 70.3 Å². The highest BCUT2D eigenvalue weighted by molar-refractivity contribution is 7.31. The Morgan fingerprint density at radius 3 is 1.19 bits per heavy atom. The van der Waals surface area contributed by atoms with E-state index in [1.54, 1.807) is 38.9 Å². The molecule has 9 heterocycles. The van der Waals surface area contributed by atoms with Gasteiger partial charge in [0.15, 0.2) is 0 Å². The Kier molecular flexibility index (Phi) is 24.9. The highest BCUT2D eigenvalue weighted by atomic mass is 32.1. The average Bonchev–Trinajstić information content (AvgIpc) is 1.58. The minimum Gasteiger partial charge on any atom is -0.274 e. The zero-order valence-electron chi connectivity index (χ0n) is 54.8. The van der Waals surface area contributed by atoms with Crippen LogP contribution in [0.4, 0.5) is 0 Å². The molecule has 0 bridgehead atoms. The molecular weight excluding hydrogens is 1230 g/mol. The Hall–Kier alpha value is -4.08. The summed E-state index contributed by atoms with van der Waals surface area (Å²) in [6.07, 6.45) is 35.7. The van der Waals surface area contributed by atoms with Crippen molar-refractivity contribution >= 4 is 123 Å². The summed E-state index contributed by atoms with van der Waals surface area (Å²) in [5.41, 5.74) is 4.69. The molecule has 89 heavy (non-hydrogen) atoms. The lowest BCUT2D eigenvalue weighted by molar-refractivity contribution is 0.0636. The summed E-state index contributed by atoms with van der Waals surface area (Å²) in [6, 6.07) is 18.5. The van der Waals surface area contributed by atoms with E-state index >= 15 is 9.59 Å². The van der Waals surface area contributed by atoms with Crippen LogP contribution < -0.4 is 0 Å². The van der Waals surface area contributed by atoms with Crippen molar-refractivity contribution in [2.75, 3.05) is 13.1 Å². The zero-order valence-corrected chi connectivity index (χ0v) is 60.5. The molecule has 4 amide bonds. The Labute approximate surface area is 561 Å². The van der Waals surface area contributed by atoms with E-state index in [2.05, 4.69) is 97.0 Å². The van der Waals surface area contributed by atoms with E-state index in [-0.39, 0.29) is 23.6 Å². The second kappa shape index (κ2) is 32.7. The summed E-state index contributed by atoms with van der Waals surface area (Å²) in [5, 5.41) is 2.52. The van der Waals surface area contributed by atoms with Crippen molar-refractivity contribution in [3.05, 3.63) is 90.3 Å². The van der Waals surface area contributed by atoms with Crippen molar-refractivity contribution in [1.82, 2.24) is 9.80 Å². The van der Waals surface area contributed by atoms with Crippen molar-refractivity contribution in [3.63, 3.8) is 0 Å². The molecule has 0 aliphatic carbocycles. The molecule has 0 N–H and O–H groups in total. The predicted molar refractivity (Wildman–Crippen MR) is 392 cm³/mol. The molecule has 13 heteroatoms. The molecule has 2 unspecified atom stereocenters. The number of imide groups is 2. The van der Waals surface area contributed by atoms with E-state index in [1.165, 1.54) is 213 Å². The molecule has 0 fully saturated rings. The van der Waals surface area contributed by atoms with E-state index in [0.29, 0.717) is 47.2 Å². The maximum Gasteiger partial charge on any atom is 0.263 e. The molecule has 8 aromatic rings. The van der Waals surface area contributed by atoms with Crippen LogP contribution in [0.5, 0.6) is 0 Å². The lowest BCUT2D eigenvalue weighted by atomic mass is 9.95. The van der Waals surface area contributed by atoms with E-state index in [4.69, 9.17) is 0 Å². The number of rotatable bonds is 39. The molecule has 6 nitrogen and oxygen atoms in total. The van der Waals surface area contributed by atoms with Gasteiger partial charge in [-0.05, 0) is 99.9 Å². The van der Waals surface area contributed by atoms with Gasteiger partial charge in [-0.2, -0.15) is 0 Å². The molecule has 0 radical (unpaired) electrons. The van der Waals surface area contributed by atoms with Gasteiger partial charge >= 0.3 is 0 Å². The van der Waals surface area contributed by atoms with Crippen molar-refractivity contribution in [2.45, 2.75) is 248 Å². The Morgan fingerprint density at radius 2 is 0.730 bits per heavy atom. The first kappa shape index (κ1) is 67.8. The number of benzene rings is 1. The topological polar surface area (TPSA) is 74.8 Å². The largest absolute Gasteiger partial charge is 0.274 e. The SMILES string of the molecule is CCCCCCCCCCCCN1C(=O)c2c(C)sc(-c3ccc(-c4sc(-c5cc6c(-c7ccc(CC(CC)CCCC)s7)c7sc(C)cc7c(-c7ccc(CC(CC)CCCC)s7)c6s5)c5c4C(=O)N(CCCCCCCCCCCC)C5=O)s3)c2C1=O. The van der Waals surface area contributed by atoms with Crippen LogP contribution in [0.3, 0.4) is 0 Å². The summed E-state index contributed by atoms with van der Waals surface area (Å²) in [7, 11) is 0. The number of carbonyl (C=O) groups excluding carboxylic acids is 4. The van der Waals surface area contributed by atoms with Gasteiger partial charge in [0, 0.05) is 88.3 Å². The first-order chi connectivity index (χ1) is 43.4. The van der Waals surface area contributed by atoms with Gasteiger partial charge in [-0.3, -0.25) is 29.0 Å². The van der Waals surface area contributed by atoms with Crippen LogP contribution in [0.1, 0.15) is 282 Å². The van der Waals surface area contributed by atoms with Gasteiger partial charge in [0.25, 0.3) is 23.6 Å². The monoisotopic (exact) mass is 1330 g/mol. The second-order valence-electron chi connectivity index (χ2n) is 25.8. The van der Waals surface area contributed by atoms with E-state index in [1.807, 2.05) is 40.9 Å². The summed E-state index contributed by atoms with van der Waals surface area (Å²) in [5.74, 6) is 0.583. The lowest BCUT2D eigenvalue weighted by Gasteiger charge is -2.14. The van der Waals surface area contributed by atoms with Gasteiger partial charge < -0.3 is 0 Å². The molecule has 10 rings (SSSR count). The minimum absolute atomic E-state index is 0.172. The van der Waals surface area contributed by atoms with Crippen LogP contribution in [0.2, 0.25) is 0 Å². The molecule has 1 aromatic carbocycles. The number of carbonyl (C=O) groups is 4. The van der Waals surface area contributed by atoms with Gasteiger partial charge in [0.05, 0.1) is 36.9 Å². The molecule has 2 aliphatic rings. The van der Waals surface area contributed by atoms with Crippen LogP contribution in [-0.2, 0) is 12.8 Å². The lowest BCUT2D eigenvalue weighted by Crippen LogP contribution is -2.31. The number of hydrogen-bond donors (Lipinski definition) is 0. The van der Waals surface area contributed by atoms with Crippen LogP contribution in [-0.4, -0.2) is 46.5 Å². The van der Waals surface area contributed by atoms with Crippen LogP contribution >= 0.6 is 79.4 Å². The highest BCUT2D eigenvalue weighted by Gasteiger charge is 2.44. The highest BCUT2D eigenvalue weighted by Crippen LogP contribution is 2.57. The van der Waals surface area contributed by atoms with Gasteiger partial charge in [-0.15, -0.1) is 79.4 Å².